The molecule has 0 aromatic heterocycles. The zero-order valence-electron chi connectivity index (χ0n) is 38.9. The first-order valence-corrected chi connectivity index (χ1v) is 26.4. The lowest BCUT2D eigenvalue weighted by atomic mass is 10.0. The molecule has 0 rings (SSSR count). The fourth-order valence-corrected chi connectivity index (χ4v) is 8.37. The molecular formula is C48H100N2O6P+. The second-order valence-corrected chi connectivity index (χ2v) is 20.0. The average Bonchev–Trinajstić information content (AvgIpc) is 3.16. The van der Waals surface area contributed by atoms with Gasteiger partial charge in [0.2, 0.25) is 5.91 Å². The monoisotopic (exact) mass is 832 g/mol. The first-order chi connectivity index (χ1) is 27.5. The fraction of sp³-hybridized carbons (Fsp3) is 0.979. The van der Waals surface area contributed by atoms with Crippen LogP contribution in [0.4, 0.5) is 0 Å². The Morgan fingerprint density at radius 3 is 1.18 bits per heavy atom. The highest BCUT2D eigenvalue weighted by Gasteiger charge is 2.28. The van der Waals surface area contributed by atoms with E-state index in [2.05, 4.69) is 19.2 Å². The third-order valence-corrected chi connectivity index (χ3v) is 12.6. The first-order valence-electron chi connectivity index (χ1n) is 24.9. The summed E-state index contributed by atoms with van der Waals surface area (Å²) in [7, 11) is 1.63. The number of hydrogen-bond acceptors (Lipinski definition) is 5. The number of phosphoric ester groups is 1. The van der Waals surface area contributed by atoms with Gasteiger partial charge in [-0.05, 0) is 12.8 Å². The highest BCUT2D eigenvalue weighted by atomic mass is 31.2. The number of carbonyl (C=O) groups is 1. The van der Waals surface area contributed by atoms with Crippen molar-refractivity contribution >= 4 is 13.7 Å². The molecule has 57 heavy (non-hydrogen) atoms. The molecule has 0 bridgehead atoms. The van der Waals surface area contributed by atoms with Crippen molar-refractivity contribution in [1.82, 2.24) is 5.32 Å². The van der Waals surface area contributed by atoms with E-state index in [-0.39, 0.29) is 19.1 Å². The maximum Gasteiger partial charge on any atom is 0.472 e. The van der Waals surface area contributed by atoms with Gasteiger partial charge in [-0.2, -0.15) is 0 Å². The number of aliphatic hydroxyl groups excluding tert-OH is 1. The van der Waals surface area contributed by atoms with Gasteiger partial charge < -0.3 is 19.8 Å². The summed E-state index contributed by atoms with van der Waals surface area (Å²) in [5, 5.41) is 14.0. The van der Waals surface area contributed by atoms with Crippen LogP contribution in [-0.2, 0) is 18.4 Å². The van der Waals surface area contributed by atoms with Gasteiger partial charge in [0.1, 0.15) is 13.2 Å². The Bertz CT molecular complexity index is 901. The lowest BCUT2D eigenvalue weighted by Crippen LogP contribution is -2.46. The molecule has 0 saturated carbocycles. The first kappa shape index (κ1) is 56.5. The van der Waals surface area contributed by atoms with Gasteiger partial charge in [-0.15, -0.1) is 0 Å². The Hall–Kier alpha value is -0.500. The van der Waals surface area contributed by atoms with Crippen LogP contribution in [0.1, 0.15) is 251 Å². The fourth-order valence-electron chi connectivity index (χ4n) is 7.64. The van der Waals surface area contributed by atoms with E-state index in [0.29, 0.717) is 23.9 Å². The van der Waals surface area contributed by atoms with Gasteiger partial charge in [0.05, 0.1) is 39.9 Å². The van der Waals surface area contributed by atoms with Crippen molar-refractivity contribution in [3.05, 3.63) is 0 Å². The molecule has 342 valence electrons. The summed E-state index contributed by atoms with van der Waals surface area (Å²) in [4.78, 5) is 23.2. The van der Waals surface area contributed by atoms with Crippen LogP contribution in [0.3, 0.4) is 0 Å². The van der Waals surface area contributed by atoms with Crippen LogP contribution in [-0.4, -0.2) is 73.4 Å². The van der Waals surface area contributed by atoms with Gasteiger partial charge in [0.25, 0.3) is 0 Å². The molecular weight excluding hydrogens is 732 g/mol. The summed E-state index contributed by atoms with van der Waals surface area (Å²) in [6.07, 6.45) is 45.6. The van der Waals surface area contributed by atoms with Crippen molar-refractivity contribution in [2.45, 2.75) is 264 Å². The molecule has 3 unspecified atom stereocenters. The number of aliphatic hydroxyl groups is 1. The number of hydrogen-bond donors (Lipinski definition) is 3. The average molecular weight is 832 g/mol. The molecule has 0 aliphatic rings. The van der Waals surface area contributed by atoms with Gasteiger partial charge in [0.15, 0.2) is 0 Å². The predicted octanol–water partition coefficient (Wildman–Crippen LogP) is 14.1. The highest BCUT2D eigenvalue weighted by Crippen LogP contribution is 2.43. The maximum absolute atomic E-state index is 12.9. The van der Waals surface area contributed by atoms with E-state index < -0.39 is 20.0 Å². The molecule has 3 atom stereocenters. The van der Waals surface area contributed by atoms with Gasteiger partial charge in [0, 0.05) is 6.42 Å². The van der Waals surface area contributed by atoms with Gasteiger partial charge in [-0.25, -0.2) is 4.57 Å². The normalized spacial score (nSPS) is 14.2. The molecule has 0 fully saturated rings. The molecule has 0 aliphatic carbocycles. The minimum Gasteiger partial charge on any atom is -0.391 e. The van der Waals surface area contributed by atoms with Crippen molar-refractivity contribution in [3.63, 3.8) is 0 Å². The van der Waals surface area contributed by atoms with Crippen molar-refractivity contribution < 1.29 is 32.9 Å². The van der Waals surface area contributed by atoms with E-state index in [0.717, 1.165) is 38.5 Å². The molecule has 0 aliphatic heterocycles. The predicted molar refractivity (Wildman–Crippen MR) is 245 cm³/mol. The second-order valence-electron chi connectivity index (χ2n) is 18.6. The number of carbonyl (C=O) groups excluding carboxylic acids is 1. The summed E-state index contributed by atoms with van der Waals surface area (Å²) < 4.78 is 23.7. The molecule has 9 heteroatoms. The molecule has 0 spiro atoms. The number of rotatable bonds is 46. The molecule has 0 radical (unpaired) electrons. The van der Waals surface area contributed by atoms with E-state index in [1.165, 1.54) is 186 Å². The van der Waals surface area contributed by atoms with Crippen LogP contribution in [0, 0.1) is 0 Å². The number of phosphoric acid groups is 1. The molecule has 0 aromatic rings. The van der Waals surface area contributed by atoms with Crippen molar-refractivity contribution in [2.75, 3.05) is 40.9 Å². The van der Waals surface area contributed by atoms with Crippen molar-refractivity contribution in [2.24, 2.45) is 0 Å². The topological polar surface area (TPSA) is 105 Å². The molecule has 1 amide bonds. The van der Waals surface area contributed by atoms with Gasteiger partial charge in [-0.1, -0.05) is 232 Å². The summed E-state index contributed by atoms with van der Waals surface area (Å²) in [5.41, 5.74) is 0. The van der Waals surface area contributed by atoms with Crippen molar-refractivity contribution in [3.8, 4) is 0 Å². The minimum atomic E-state index is -4.31. The number of unbranched alkanes of at least 4 members (excludes halogenated alkanes) is 33. The van der Waals surface area contributed by atoms with Crippen LogP contribution in [0.15, 0.2) is 0 Å². The van der Waals surface area contributed by atoms with Crippen LogP contribution < -0.4 is 5.32 Å². The van der Waals surface area contributed by atoms with Crippen molar-refractivity contribution in [1.29, 1.82) is 0 Å². The standard InChI is InChI=1S/C48H99N2O6P/c1-6-8-10-12-14-16-18-20-22-23-24-25-26-28-30-32-34-36-38-40-42-48(52)49-46(45-56-57(53,54)55-44-43-50(3,4)5)47(51)41-39-37-35-33-31-29-27-21-19-17-15-13-11-9-7-2/h46-47,51H,6-45H2,1-5H3,(H-,49,52,53,54)/p+1. The van der Waals surface area contributed by atoms with Crippen LogP contribution >= 0.6 is 7.82 Å². The lowest BCUT2D eigenvalue weighted by molar-refractivity contribution is -0.870. The van der Waals surface area contributed by atoms with E-state index in [4.69, 9.17) is 9.05 Å². The summed E-state index contributed by atoms with van der Waals surface area (Å²) in [6, 6.07) is -0.753. The largest absolute Gasteiger partial charge is 0.472 e. The minimum absolute atomic E-state index is 0.0788. The number of nitrogens with one attached hydrogen (secondary N) is 1. The SMILES string of the molecule is CCCCCCCCCCCCCCCCCCCCCCC(=O)NC(COP(=O)(O)OCC[N+](C)(C)C)C(O)CCCCCCCCCCCCCCCCC. The molecule has 8 nitrogen and oxygen atoms in total. The molecule has 0 saturated heterocycles. The maximum atomic E-state index is 12.9. The zero-order chi connectivity index (χ0) is 42.1. The Labute approximate surface area is 355 Å². The smallest absolute Gasteiger partial charge is 0.391 e. The third kappa shape index (κ3) is 43.4. The summed E-state index contributed by atoms with van der Waals surface area (Å²) in [6.45, 7) is 4.92. The van der Waals surface area contributed by atoms with Crippen LogP contribution in [0.2, 0.25) is 0 Å². The zero-order valence-corrected chi connectivity index (χ0v) is 39.8. The number of quaternary nitrogens is 1. The summed E-state index contributed by atoms with van der Waals surface area (Å²) in [5.74, 6) is -0.139. The quantitative estimate of drug-likeness (QED) is 0.0321. The van der Waals surface area contributed by atoms with E-state index in [1.54, 1.807) is 0 Å². The van der Waals surface area contributed by atoms with E-state index >= 15 is 0 Å². The molecule has 0 heterocycles. The number of nitrogens with zero attached hydrogens (tertiary/aromatic N) is 1. The summed E-state index contributed by atoms with van der Waals surface area (Å²) >= 11 is 0. The Morgan fingerprint density at radius 2 is 0.842 bits per heavy atom. The van der Waals surface area contributed by atoms with E-state index in [9.17, 15) is 19.4 Å². The van der Waals surface area contributed by atoms with Gasteiger partial charge >= 0.3 is 7.82 Å². The highest BCUT2D eigenvalue weighted by molar-refractivity contribution is 7.47. The Balaban J connectivity index is 4.22. The molecule has 0 aromatic carbocycles. The molecule has 3 N–H and O–H groups in total. The number of likely N-dealkylation sites (N-methyl/N-ethyl adjacent to an activating group) is 1. The third-order valence-electron chi connectivity index (χ3n) is 11.6. The lowest BCUT2D eigenvalue weighted by Gasteiger charge is -2.26. The van der Waals surface area contributed by atoms with Crippen LogP contribution in [0.25, 0.3) is 0 Å². The van der Waals surface area contributed by atoms with Gasteiger partial charge in [-0.3, -0.25) is 13.8 Å². The number of amides is 1. The van der Waals surface area contributed by atoms with E-state index in [1.807, 2.05) is 21.1 Å². The Kier molecular flexibility index (Phi) is 40.5. The van der Waals surface area contributed by atoms with Crippen LogP contribution in [0.5, 0.6) is 0 Å². The second kappa shape index (κ2) is 40.9. The Morgan fingerprint density at radius 1 is 0.526 bits per heavy atom.